The molecule has 0 saturated carbocycles. The minimum atomic E-state index is -4.64. The van der Waals surface area contributed by atoms with Crippen LogP contribution in [-0.4, -0.2) is 60.8 Å². The SMILES string of the molecule is Cc1c(F)ccc(C(=O)N2CCC(F)(F)[C@H]2CNc2ncc(C(F)(F)F)cn2)c1-n1nccn1. The van der Waals surface area contributed by atoms with Crippen molar-refractivity contribution in [1.29, 1.82) is 0 Å². The summed E-state index contributed by atoms with van der Waals surface area (Å²) < 4.78 is 81.5. The number of anilines is 1. The Morgan fingerprint density at radius 1 is 1.18 bits per heavy atom. The average Bonchev–Trinajstić information content (AvgIpc) is 3.41. The standard InChI is InChI=1S/C20H17F6N7O/c1-11-14(21)3-2-13(16(11)33-30-5-6-31-33)17(34)32-7-4-19(22,23)15(32)10-29-18-27-8-12(9-28-18)20(24,25)26/h2-3,5-6,8-9,15H,4,7,10H2,1H3,(H,27,28,29)/t15-/m1/s1. The van der Waals surface area contributed by atoms with Crippen molar-refractivity contribution < 1.29 is 31.1 Å². The zero-order chi connectivity index (χ0) is 24.7. The van der Waals surface area contributed by atoms with Crippen LogP contribution in [0.2, 0.25) is 0 Å². The fourth-order valence-corrected chi connectivity index (χ4v) is 3.67. The molecule has 1 aromatic carbocycles. The first-order chi connectivity index (χ1) is 16.0. The van der Waals surface area contributed by atoms with Crippen molar-refractivity contribution in [3.8, 4) is 5.69 Å². The molecule has 1 atom stereocenters. The average molecular weight is 485 g/mol. The number of nitrogens with one attached hydrogen (secondary N) is 1. The molecule has 0 radical (unpaired) electrons. The van der Waals surface area contributed by atoms with Crippen molar-refractivity contribution >= 4 is 11.9 Å². The van der Waals surface area contributed by atoms with E-state index in [1.807, 2.05) is 0 Å². The third-order valence-corrected chi connectivity index (χ3v) is 5.46. The predicted octanol–water partition coefficient (Wildman–Crippen LogP) is 3.49. The molecule has 14 heteroatoms. The largest absolute Gasteiger partial charge is 0.419 e. The zero-order valence-corrected chi connectivity index (χ0v) is 17.5. The number of carbonyl (C=O) groups is 1. The van der Waals surface area contributed by atoms with Crippen LogP contribution < -0.4 is 5.32 Å². The monoisotopic (exact) mass is 485 g/mol. The number of likely N-dealkylation sites (tertiary alicyclic amines) is 1. The van der Waals surface area contributed by atoms with Gasteiger partial charge in [-0.2, -0.15) is 28.2 Å². The fraction of sp³-hybridized carbons (Fsp3) is 0.350. The second kappa shape index (κ2) is 8.57. The van der Waals surface area contributed by atoms with Gasteiger partial charge in [0.25, 0.3) is 11.8 Å². The lowest BCUT2D eigenvalue weighted by molar-refractivity contribution is -0.138. The molecule has 1 amide bonds. The molecule has 34 heavy (non-hydrogen) atoms. The number of aromatic nitrogens is 5. The lowest BCUT2D eigenvalue weighted by atomic mass is 10.1. The number of alkyl halides is 5. The highest BCUT2D eigenvalue weighted by Gasteiger charge is 2.51. The highest BCUT2D eigenvalue weighted by Crippen LogP contribution is 2.36. The molecule has 1 aliphatic rings. The van der Waals surface area contributed by atoms with E-state index in [4.69, 9.17) is 0 Å². The first-order valence-electron chi connectivity index (χ1n) is 9.97. The van der Waals surface area contributed by atoms with Gasteiger partial charge in [-0.1, -0.05) is 0 Å². The Bertz CT molecular complexity index is 1180. The Morgan fingerprint density at radius 3 is 2.44 bits per heavy atom. The van der Waals surface area contributed by atoms with Crippen molar-refractivity contribution in [3.63, 3.8) is 0 Å². The molecule has 1 N–H and O–H groups in total. The van der Waals surface area contributed by atoms with Gasteiger partial charge in [-0.05, 0) is 19.1 Å². The number of hydrogen-bond donors (Lipinski definition) is 1. The van der Waals surface area contributed by atoms with Crippen molar-refractivity contribution in [2.75, 3.05) is 18.4 Å². The molecule has 4 rings (SSSR count). The number of carbonyl (C=O) groups excluding carboxylic acids is 1. The van der Waals surface area contributed by atoms with E-state index in [-0.39, 0.29) is 29.3 Å². The predicted molar refractivity (Wildman–Crippen MR) is 106 cm³/mol. The maximum Gasteiger partial charge on any atom is 0.419 e. The summed E-state index contributed by atoms with van der Waals surface area (Å²) in [5, 5.41) is 10.3. The van der Waals surface area contributed by atoms with E-state index in [2.05, 4.69) is 25.5 Å². The number of nitrogens with zero attached hydrogens (tertiary/aromatic N) is 6. The van der Waals surface area contributed by atoms with Gasteiger partial charge in [-0.15, -0.1) is 0 Å². The molecule has 1 aliphatic heterocycles. The molecule has 2 aromatic heterocycles. The Kier molecular flexibility index (Phi) is 5.91. The molecule has 1 saturated heterocycles. The third-order valence-electron chi connectivity index (χ3n) is 5.46. The maximum atomic E-state index is 14.7. The van der Waals surface area contributed by atoms with Gasteiger partial charge >= 0.3 is 6.18 Å². The normalized spacial score (nSPS) is 17.7. The summed E-state index contributed by atoms with van der Waals surface area (Å²) >= 11 is 0. The summed E-state index contributed by atoms with van der Waals surface area (Å²) in [5.41, 5.74) is -1.10. The summed E-state index contributed by atoms with van der Waals surface area (Å²) in [6, 6.07) is 0.561. The molecular weight excluding hydrogens is 468 g/mol. The highest BCUT2D eigenvalue weighted by molar-refractivity contribution is 5.98. The van der Waals surface area contributed by atoms with E-state index in [0.717, 1.165) is 15.8 Å². The van der Waals surface area contributed by atoms with Crippen LogP contribution >= 0.6 is 0 Å². The van der Waals surface area contributed by atoms with Crippen molar-refractivity contribution in [3.05, 3.63) is 59.4 Å². The molecule has 3 aromatic rings. The van der Waals surface area contributed by atoms with Gasteiger partial charge in [-0.3, -0.25) is 4.79 Å². The van der Waals surface area contributed by atoms with E-state index in [0.29, 0.717) is 12.4 Å². The van der Waals surface area contributed by atoms with Gasteiger partial charge in [0, 0.05) is 37.5 Å². The molecule has 0 aliphatic carbocycles. The Balaban J connectivity index is 1.59. The first kappa shape index (κ1) is 23.4. The lowest BCUT2D eigenvalue weighted by Gasteiger charge is -2.28. The third kappa shape index (κ3) is 4.39. The second-order valence-corrected chi connectivity index (χ2v) is 7.59. The number of hydrogen-bond acceptors (Lipinski definition) is 6. The molecule has 0 spiro atoms. The summed E-state index contributed by atoms with van der Waals surface area (Å²) in [6.07, 6.45) is -1.59. The molecule has 8 nitrogen and oxygen atoms in total. The Morgan fingerprint density at radius 2 is 1.82 bits per heavy atom. The van der Waals surface area contributed by atoms with Crippen LogP contribution in [0.1, 0.15) is 27.9 Å². The van der Waals surface area contributed by atoms with Crippen LogP contribution in [0.25, 0.3) is 5.69 Å². The lowest BCUT2D eigenvalue weighted by Crippen LogP contribution is -2.47. The van der Waals surface area contributed by atoms with Gasteiger partial charge < -0.3 is 10.2 Å². The topological polar surface area (TPSA) is 88.8 Å². The first-order valence-corrected chi connectivity index (χ1v) is 9.97. The minimum Gasteiger partial charge on any atom is -0.352 e. The molecule has 180 valence electrons. The van der Waals surface area contributed by atoms with Crippen molar-refractivity contribution in [2.45, 2.75) is 31.5 Å². The van der Waals surface area contributed by atoms with E-state index in [1.165, 1.54) is 25.4 Å². The van der Waals surface area contributed by atoms with E-state index < -0.39 is 48.4 Å². The van der Waals surface area contributed by atoms with Crippen LogP contribution in [0.5, 0.6) is 0 Å². The molecule has 3 heterocycles. The van der Waals surface area contributed by atoms with Crippen LogP contribution in [0.3, 0.4) is 0 Å². The summed E-state index contributed by atoms with van der Waals surface area (Å²) in [6.45, 7) is 0.582. The number of halogens is 6. The van der Waals surface area contributed by atoms with Gasteiger partial charge in [0.2, 0.25) is 5.95 Å². The number of benzene rings is 1. The smallest absolute Gasteiger partial charge is 0.352 e. The summed E-state index contributed by atoms with van der Waals surface area (Å²) in [7, 11) is 0. The summed E-state index contributed by atoms with van der Waals surface area (Å²) in [4.78, 5) is 22.3. The zero-order valence-electron chi connectivity index (χ0n) is 17.5. The van der Waals surface area contributed by atoms with Gasteiger partial charge in [0.05, 0.1) is 23.5 Å². The van der Waals surface area contributed by atoms with Crippen molar-refractivity contribution in [2.24, 2.45) is 0 Å². The van der Waals surface area contributed by atoms with Crippen molar-refractivity contribution in [1.82, 2.24) is 29.9 Å². The number of rotatable bonds is 5. The van der Waals surface area contributed by atoms with E-state index in [9.17, 15) is 31.1 Å². The molecule has 0 unspecified atom stereocenters. The second-order valence-electron chi connectivity index (χ2n) is 7.59. The van der Waals surface area contributed by atoms with E-state index >= 15 is 0 Å². The Labute approximate surface area is 188 Å². The Hall–Kier alpha value is -3.71. The van der Waals surface area contributed by atoms with Gasteiger partial charge in [0.15, 0.2) is 0 Å². The van der Waals surface area contributed by atoms with E-state index in [1.54, 1.807) is 0 Å². The fourth-order valence-electron chi connectivity index (χ4n) is 3.67. The highest BCUT2D eigenvalue weighted by atomic mass is 19.4. The maximum absolute atomic E-state index is 14.7. The quantitative estimate of drug-likeness (QED) is 0.557. The minimum absolute atomic E-state index is 0.0167. The van der Waals surface area contributed by atoms with Gasteiger partial charge in [0.1, 0.15) is 17.5 Å². The molecule has 1 fully saturated rings. The van der Waals surface area contributed by atoms with Crippen LogP contribution in [0.4, 0.5) is 32.3 Å². The summed E-state index contributed by atoms with van der Waals surface area (Å²) in [5.74, 6) is -5.03. The van der Waals surface area contributed by atoms with Crippen LogP contribution in [0.15, 0.2) is 36.9 Å². The van der Waals surface area contributed by atoms with Gasteiger partial charge in [-0.25, -0.2) is 23.1 Å². The number of amides is 1. The molecular formula is C20H17F6N7O. The molecule has 0 bridgehead atoms. The van der Waals surface area contributed by atoms with Crippen LogP contribution in [-0.2, 0) is 6.18 Å². The van der Waals surface area contributed by atoms with Crippen LogP contribution in [0, 0.1) is 12.7 Å².